The SMILES string of the molecule is COc1cccc(C(=O)N=c2sccn2Cc2ccc(C(=O)N3CCCC3)o2)c1. The van der Waals surface area contributed by atoms with Gasteiger partial charge in [0.25, 0.3) is 11.8 Å². The Balaban J connectivity index is 1.51. The van der Waals surface area contributed by atoms with Gasteiger partial charge in [-0.3, -0.25) is 9.59 Å². The molecule has 2 aromatic heterocycles. The summed E-state index contributed by atoms with van der Waals surface area (Å²) in [5.74, 6) is 1.19. The minimum atomic E-state index is -0.343. The van der Waals surface area contributed by atoms with Gasteiger partial charge in [0.15, 0.2) is 10.6 Å². The van der Waals surface area contributed by atoms with Crippen molar-refractivity contribution in [2.24, 2.45) is 4.99 Å². The van der Waals surface area contributed by atoms with Crippen LogP contribution in [0.4, 0.5) is 0 Å². The van der Waals surface area contributed by atoms with Crippen molar-refractivity contribution < 1.29 is 18.7 Å². The second-order valence-corrected chi connectivity index (χ2v) is 7.60. The van der Waals surface area contributed by atoms with Crippen molar-refractivity contribution in [2.45, 2.75) is 19.4 Å². The number of ether oxygens (including phenoxy) is 1. The van der Waals surface area contributed by atoms with Crippen LogP contribution in [0.15, 0.2) is 57.4 Å². The van der Waals surface area contributed by atoms with Crippen LogP contribution in [-0.4, -0.2) is 41.5 Å². The lowest BCUT2D eigenvalue weighted by molar-refractivity contribution is 0.0759. The first-order valence-electron chi connectivity index (χ1n) is 9.39. The van der Waals surface area contributed by atoms with E-state index in [9.17, 15) is 9.59 Å². The molecule has 1 aliphatic heterocycles. The van der Waals surface area contributed by atoms with Crippen molar-refractivity contribution in [2.75, 3.05) is 20.2 Å². The molecule has 0 saturated carbocycles. The fourth-order valence-electron chi connectivity index (χ4n) is 3.24. The largest absolute Gasteiger partial charge is 0.497 e. The van der Waals surface area contributed by atoms with Crippen molar-refractivity contribution in [1.82, 2.24) is 9.47 Å². The first kappa shape index (κ1) is 19.2. The lowest BCUT2D eigenvalue weighted by Gasteiger charge is -2.12. The minimum Gasteiger partial charge on any atom is -0.497 e. The number of amides is 2. The van der Waals surface area contributed by atoms with Crippen LogP contribution in [0.5, 0.6) is 5.75 Å². The highest BCUT2D eigenvalue weighted by molar-refractivity contribution is 7.07. The fraction of sp³-hybridized carbons (Fsp3) is 0.286. The number of likely N-dealkylation sites (tertiary alicyclic amines) is 1. The van der Waals surface area contributed by atoms with Gasteiger partial charge < -0.3 is 18.6 Å². The van der Waals surface area contributed by atoms with Crippen molar-refractivity contribution >= 4 is 23.2 Å². The van der Waals surface area contributed by atoms with Gasteiger partial charge in [0, 0.05) is 30.2 Å². The maximum Gasteiger partial charge on any atom is 0.289 e. The number of rotatable bonds is 5. The fourth-order valence-corrected chi connectivity index (χ4v) is 3.96. The number of aromatic nitrogens is 1. The molecule has 29 heavy (non-hydrogen) atoms. The molecule has 3 aromatic rings. The van der Waals surface area contributed by atoms with Crippen LogP contribution in [0.2, 0.25) is 0 Å². The molecule has 1 aliphatic rings. The summed E-state index contributed by atoms with van der Waals surface area (Å²) in [6, 6.07) is 10.4. The second-order valence-electron chi connectivity index (χ2n) is 6.73. The summed E-state index contributed by atoms with van der Waals surface area (Å²) < 4.78 is 12.7. The van der Waals surface area contributed by atoms with Crippen LogP contribution in [-0.2, 0) is 6.54 Å². The summed E-state index contributed by atoms with van der Waals surface area (Å²) in [5.41, 5.74) is 0.459. The first-order valence-corrected chi connectivity index (χ1v) is 10.3. The van der Waals surface area contributed by atoms with E-state index in [0.717, 1.165) is 25.9 Å². The zero-order valence-electron chi connectivity index (χ0n) is 16.0. The molecule has 0 radical (unpaired) electrons. The summed E-state index contributed by atoms with van der Waals surface area (Å²) in [4.78, 5) is 31.6. The van der Waals surface area contributed by atoms with Crippen LogP contribution in [0, 0.1) is 0 Å². The Hall–Kier alpha value is -3.13. The highest BCUT2D eigenvalue weighted by Gasteiger charge is 2.22. The normalized spacial score (nSPS) is 14.4. The molecule has 0 bridgehead atoms. The van der Waals surface area contributed by atoms with Gasteiger partial charge in [-0.15, -0.1) is 11.3 Å². The van der Waals surface area contributed by atoms with Crippen LogP contribution in [0.3, 0.4) is 0 Å². The number of nitrogens with zero attached hydrogens (tertiary/aromatic N) is 3. The van der Waals surface area contributed by atoms with Crippen molar-refractivity contribution in [3.05, 3.63) is 69.9 Å². The third-order valence-electron chi connectivity index (χ3n) is 4.77. The van der Waals surface area contributed by atoms with Gasteiger partial charge in [0.2, 0.25) is 0 Å². The van der Waals surface area contributed by atoms with E-state index in [2.05, 4.69) is 4.99 Å². The Labute approximate surface area is 171 Å². The maximum atomic E-state index is 12.5. The molecule has 2 amide bonds. The smallest absolute Gasteiger partial charge is 0.289 e. The average molecular weight is 411 g/mol. The third-order valence-corrected chi connectivity index (χ3v) is 5.56. The zero-order valence-corrected chi connectivity index (χ0v) is 16.9. The Morgan fingerprint density at radius 2 is 2.03 bits per heavy atom. The molecule has 1 fully saturated rings. The predicted octanol–water partition coefficient (Wildman–Crippen LogP) is 3.18. The quantitative estimate of drug-likeness (QED) is 0.646. The molecule has 0 spiro atoms. The van der Waals surface area contributed by atoms with Crippen molar-refractivity contribution in [1.29, 1.82) is 0 Å². The molecular formula is C21H21N3O4S. The van der Waals surface area contributed by atoms with E-state index in [1.807, 2.05) is 21.0 Å². The minimum absolute atomic E-state index is 0.0674. The van der Waals surface area contributed by atoms with Gasteiger partial charge in [0.05, 0.1) is 13.7 Å². The van der Waals surface area contributed by atoms with Crippen LogP contribution >= 0.6 is 11.3 Å². The summed E-state index contributed by atoms with van der Waals surface area (Å²) in [7, 11) is 1.56. The standard InChI is InChI=1S/C21H21N3O4S/c1-27-16-6-4-5-15(13-16)19(25)22-21-24(11-12-29-21)14-17-7-8-18(28-17)20(26)23-9-2-3-10-23/h4-8,11-13H,2-3,9-10,14H2,1H3. The Morgan fingerprint density at radius 1 is 1.21 bits per heavy atom. The Bertz CT molecular complexity index is 1090. The molecule has 1 aromatic carbocycles. The number of carbonyl (C=O) groups excluding carboxylic acids is 2. The number of furan rings is 1. The topological polar surface area (TPSA) is 77.0 Å². The molecule has 0 atom stereocenters. The number of benzene rings is 1. The summed E-state index contributed by atoms with van der Waals surface area (Å²) in [6.07, 6.45) is 3.92. The molecular weight excluding hydrogens is 390 g/mol. The Kier molecular flexibility index (Phi) is 5.62. The Morgan fingerprint density at radius 3 is 2.83 bits per heavy atom. The third kappa shape index (κ3) is 4.32. The maximum absolute atomic E-state index is 12.5. The van der Waals surface area contributed by atoms with Gasteiger partial charge in [-0.2, -0.15) is 4.99 Å². The monoisotopic (exact) mass is 411 g/mol. The molecule has 0 N–H and O–H groups in total. The lowest BCUT2D eigenvalue weighted by Crippen LogP contribution is -2.27. The molecule has 4 rings (SSSR count). The van der Waals surface area contributed by atoms with Gasteiger partial charge >= 0.3 is 0 Å². The van der Waals surface area contributed by atoms with Crippen LogP contribution in [0.1, 0.15) is 39.5 Å². The zero-order chi connectivity index (χ0) is 20.2. The number of hydrogen-bond donors (Lipinski definition) is 0. The highest BCUT2D eigenvalue weighted by Crippen LogP contribution is 2.16. The van der Waals surface area contributed by atoms with Crippen molar-refractivity contribution in [3.8, 4) is 5.75 Å². The van der Waals surface area contributed by atoms with E-state index < -0.39 is 0 Å². The summed E-state index contributed by atoms with van der Waals surface area (Å²) in [5, 5.41) is 1.86. The molecule has 150 valence electrons. The van der Waals surface area contributed by atoms with E-state index in [4.69, 9.17) is 9.15 Å². The number of thiazole rings is 1. The highest BCUT2D eigenvalue weighted by atomic mass is 32.1. The van der Waals surface area contributed by atoms with E-state index in [0.29, 0.717) is 34.2 Å². The second kappa shape index (κ2) is 8.48. The van der Waals surface area contributed by atoms with Crippen LogP contribution in [0.25, 0.3) is 0 Å². The molecule has 0 aliphatic carbocycles. The summed E-state index contributed by atoms with van der Waals surface area (Å²) >= 11 is 1.36. The van der Waals surface area contributed by atoms with E-state index in [-0.39, 0.29) is 11.8 Å². The van der Waals surface area contributed by atoms with Gasteiger partial charge in [-0.25, -0.2) is 0 Å². The van der Waals surface area contributed by atoms with Crippen LogP contribution < -0.4 is 9.54 Å². The van der Waals surface area contributed by atoms with E-state index in [1.54, 1.807) is 43.5 Å². The van der Waals surface area contributed by atoms with Gasteiger partial charge in [-0.05, 0) is 43.2 Å². The predicted molar refractivity (Wildman–Crippen MR) is 108 cm³/mol. The lowest BCUT2D eigenvalue weighted by atomic mass is 10.2. The molecule has 1 saturated heterocycles. The van der Waals surface area contributed by atoms with Gasteiger partial charge in [0.1, 0.15) is 11.5 Å². The summed E-state index contributed by atoms with van der Waals surface area (Å²) in [6.45, 7) is 1.95. The van der Waals surface area contributed by atoms with E-state index >= 15 is 0 Å². The number of methoxy groups -OCH3 is 1. The number of hydrogen-bond acceptors (Lipinski definition) is 5. The number of carbonyl (C=O) groups is 2. The molecule has 3 heterocycles. The van der Waals surface area contributed by atoms with E-state index in [1.165, 1.54) is 11.3 Å². The first-order chi connectivity index (χ1) is 14.1. The van der Waals surface area contributed by atoms with Gasteiger partial charge in [-0.1, -0.05) is 6.07 Å². The molecule has 7 nitrogen and oxygen atoms in total. The molecule has 8 heteroatoms. The average Bonchev–Trinajstić information content (AvgIpc) is 3.51. The molecule has 0 unspecified atom stereocenters. The van der Waals surface area contributed by atoms with Crippen molar-refractivity contribution in [3.63, 3.8) is 0 Å².